The van der Waals surface area contributed by atoms with E-state index in [-0.39, 0.29) is 5.41 Å². The molecule has 1 nitrogen and oxygen atoms in total. The average Bonchev–Trinajstić information content (AvgIpc) is 2.02. The number of hydrogen-bond acceptors (Lipinski definition) is 1. The van der Waals surface area contributed by atoms with Gasteiger partial charge in [0.05, 0.1) is 0 Å². The fourth-order valence-corrected chi connectivity index (χ4v) is 2.17. The number of carbonyl (C=O) groups excluding carboxylic acids is 1. The molecule has 1 aliphatic rings. The topological polar surface area (TPSA) is 17.1 Å². The Morgan fingerprint density at radius 3 is 2.42 bits per heavy atom. The lowest BCUT2D eigenvalue weighted by Gasteiger charge is -2.37. The second-order valence-corrected chi connectivity index (χ2v) is 4.77. The molecule has 1 fully saturated rings. The van der Waals surface area contributed by atoms with E-state index in [1.54, 1.807) is 0 Å². The van der Waals surface area contributed by atoms with Gasteiger partial charge in [-0.05, 0) is 37.5 Å². The fraction of sp³-hybridized carbons (Fsp3) is 0.909. The monoisotopic (exact) mass is 168 g/mol. The van der Waals surface area contributed by atoms with E-state index >= 15 is 0 Å². The zero-order chi connectivity index (χ0) is 9.19. The molecule has 0 aromatic rings. The van der Waals surface area contributed by atoms with Crippen LogP contribution in [0.4, 0.5) is 0 Å². The first-order valence-electron chi connectivity index (χ1n) is 5.06. The van der Waals surface area contributed by atoms with Crippen LogP contribution in [0, 0.1) is 17.3 Å². The molecule has 0 spiro atoms. The summed E-state index contributed by atoms with van der Waals surface area (Å²) in [5, 5.41) is 0. The van der Waals surface area contributed by atoms with Crippen molar-refractivity contribution in [3.8, 4) is 0 Å². The maximum Gasteiger partial charge on any atom is 0.125 e. The molecule has 0 amide bonds. The van der Waals surface area contributed by atoms with Crippen LogP contribution in [0.5, 0.6) is 0 Å². The first-order valence-corrected chi connectivity index (χ1v) is 5.06. The van der Waals surface area contributed by atoms with Gasteiger partial charge in [0.25, 0.3) is 0 Å². The van der Waals surface area contributed by atoms with Crippen LogP contribution in [0.2, 0.25) is 0 Å². The maximum atomic E-state index is 10.8. The van der Waals surface area contributed by atoms with Crippen molar-refractivity contribution in [3.05, 3.63) is 0 Å². The van der Waals surface area contributed by atoms with E-state index in [0.717, 1.165) is 31.0 Å². The Labute approximate surface area is 75.5 Å². The van der Waals surface area contributed by atoms with E-state index in [2.05, 4.69) is 20.8 Å². The van der Waals surface area contributed by atoms with Crippen LogP contribution in [-0.4, -0.2) is 6.29 Å². The SMILES string of the molecule is CCC(C)(C=O)CC1CC(C)C1. The summed E-state index contributed by atoms with van der Waals surface area (Å²) in [7, 11) is 0. The first-order chi connectivity index (χ1) is 5.59. The van der Waals surface area contributed by atoms with E-state index in [0.29, 0.717) is 0 Å². The Balaban J connectivity index is 2.33. The van der Waals surface area contributed by atoms with Gasteiger partial charge < -0.3 is 4.79 Å². The quantitative estimate of drug-likeness (QED) is 0.590. The Hall–Kier alpha value is -0.330. The minimum atomic E-state index is -0.0369. The van der Waals surface area contributed by atoms with E-state index < -0.39 is 0 Å². The molecule has 1 unspecified atom stereocenters. The molecule has 0 aromatic heterocycles. The van der Waals surface area contributed by atoms with Crippen molar-refractivity contribution in [2.45, 2.75) is 46.5 Å². The Morgan fingerprint density at radius 1 is 1.50 bits per heavy atom. The van der Waals surface area contributed by atoms with Gasteiger partial charge >= 0.3 is 0 Å². The smallest absolute Gasteiger partial charge is 0.125 e. The minimum Gasteiger partial charge on any atom is -0.303 e. The largest absolute Gasteiger partial charge is 0.303 e. The summed E-state index contributed by atoms with van der Waals surface area (Å²) < 4.78 is 0. The first kappa shape index (κ1) is 9.76. The molecule has 0 aliphatic heterocycles. The molecule has 0 aromatic carbocycles. The van der Waals surface area contributed by atoms with Crippen LogP contribution in [0.3, 0.4) is 0 Å². The Bertz CT molecular complexity index is 158. The zero-order valence-corrected chi connectivity index (χ0v) is 8.47. The van der Waals surface area contributed by atoms with Crippen LogP contribution in [-0.2, 0) is 4.79 Å². The molecular formula is C11H20O. The number of carbonyl (C=O) groups is 1. The molecule has 0 saturated heterocycles. The molecule has 1 aliphatic carbocycles. The molecule has 0 bridgehead atoms. The Morgan fingerprint density at radius 2 is 2.08 bits per heavy atom. The predicted molar refractivity (Wildman–Crippen MR) is 51.0 cm³/mol. The van der Waals surface area contributed by atoms with Gasteiger partial charge in [-0.25, -0.2) is 0 Å². The van der Waals surface area contributed by atoms with Gasteiger partial charge in [0.15, 0.2) is 0 Å². The van der Waals surface area contributed by atoms with Gasteiger partial charge in [-0.1, -0.05) is 20.8 Å². The van der Waals surface area contributed by atoms with Gasteiger partial charge in [0.1, 0.15) is 6.29 Å². The third kappa shape index (κ3) is 2.09. The highest BCUT2D eigenvalue weighted by atomic mass is 16.1. The van der Waals surface area contributed by atoms with Gasteiger partial charge in [0, 0.05) is 5.41 Å². The van der Waals surface area contributed by atoms with Crippen LogP contribution in [0.15, 0.2) is 0 Å². The summed E-state index contributed by atoms with van der Waals surface area (Å²) in [6, 6.07) is 0. The van der Waals surface area contributed by atoms with Crippen LogP contribution >= 0.6 is 0 Å². The number of rotatable bonds is 4. The lowest BCUT2D eigenvalue weighted by molar-refractivity contribution is -0.117. The van der Waals surface area contributed by atoms with Crippen molar-refractivity contribution in [3.63, 3.8) is 0 Å². The summed E-state index contributed by atoms with van der Waals surface area (Å²) in [5.41, 5.74) is -0.0369. The number of aldehydes is 1. The van der Waals surface area contributed by atoms with Crippen molar-refractivity contribution < 1.29 is 4.79 Å². The summed E-state index contributed by atoms with van der Waals surface area (Å²) in [4.78, 5) is 10.8. The Kier molecular flexibility index (Phi) is 2.92. The molecule has 0 N–H and O–H groups in total. The molecule has 1 heteroatoms. The standard InChI is InChI=1S/C11H20O/c1-4-11(3,8-12)7-10-5-9(2)6-10/h8-10H,4-7H2,1-3H3. The second-order valence-electron chi connectivity index (χ2n) is 4.77. The van der Waals surface area contributed by atoms with Gasteiger partial charge in [-0.15, -0.1) is 0 Å². The lowest BCUT2D eigenvalue weighted by Crippen LogP contribution is -2.29. The normalized spacial score (nSPS) is 33.6. The van der Waals surface area contributed by atoms with Crippen molar-refractivity contribution in [2.75, 3.05) is 0 Å². The third-order valence-electron chi connectivity index (χ3n) is 3.32. The highest BCUT2D eigenvalue weighted by Gasteiger charge is 2.32. The van der Waals surface area contributed by atoms with E-state index in [1.807, 2.05) is 0 Å². The van der Waals surface area contributed by atoms with Crippen molar-refractivity contribution >= 4 is 6.29 Å². The van der Waals surface area contributed by atoms with Crippen LogP contribution in [0.25, 0.3) is 0 Å². The minimum absolute atomic E-state index is 0.0369. The van der Waals surface area contributed by atoms with Crippen molar-refractivity contribution in [2.24, 2.45) is 17.3 Å². The fourth-order valence-electron chi connectivity index (χ4n) is 2.17. The van der Waals surface area contributed by atoms with Crippen molar-refractivity contribution in [1.82, 2.24) is 0 Å². The predicted octanol–water partition coefficient (Wildman–Crippen LogP) is 3.04. The molecule has 1 atom stereocenters. The molecule has 0 heterocycles. The summed E-state index contributed by atoms with van der Waals surface area (Å²) >= 11 is 0. The third-order valence-corrected chi connectivity index (χ3v) is 3.32. The van der Waals surface area contributed by atoms with Gasteiger partial charge in [-0.3, -0.25) is 0 Å². The van der Waals surface area contributed by atoms with E-state index in [4.69, 9.17) is 0 Å². The molecular weight excluding hydrogens is 148 g/mol. The van der Waals surface area contributed by atoms with Gasteiger partial charge in [0.2, 0.25) is 0 Å². The highest BCUT2D eigenvalue weighted by Crippen LogP contribution is 2.41. The van der Waals surface area contributed by atoms with Crippen LogP contribution in [0.1, 0.15) is 46.5 Å². The van der Waals surface area contributed by atoms with E-state index in [1.165, 1.54) is 12.8 Å². The van der Waals surface area contributed by atoms with Crippen LogP contribution < -0.4 is 0 Å². The average molecular weight is 168 g/mol. The molecule has 70 valence electrons. The van der Waals surface area contributed by atoms with E-state index in [9.17, 15) is 4.79 Å². The summed E-state index contributed by atoms with van der Waals surface area (Å²) in [5.74, 6) is 1.73. The highest BCUT2D eigenvalue weighted by molar-refractivity contribution is 5.58. The molecule has 12 heavy (non-hydrogen) atoms. The number of hydrogen-bond donors (Lipinski definition) is 0. The van der Waals surface area contributed by atoms with Gasteiger partial charge in [-0.2, -0.15) is 0 Å². The zero-order valence-electron chi connectivity index (χ0n) is 8.47. The lowest BCUT2D eigenvalue weighted by atomic mass is 9.68. The summed E-state index contributed by atoms with van der Waals surface area (Å²) in [6.07, 6.45) is 5.92. The maximum absolute atomic E-state index is 10.8. The molecule has 1 rings (SSSR count). The van der Waals surface area contributed by atoms with Crippen molar-refractivity contribution in [1.29, 1.82) is 0 Å². The second kappa shape index (κ2) is 3.59. The molecule has 0 radical (unpaired) electrons. The molecule has 1 saturated carbocycles. The summed E-state index contributed by atoms with van der Waals surface area (Å²) in [6.45, 7) is 6.49.